The number of nitrogens with one attached hydrogen (secondary N) is 1. The molecule has 96 valence electrons. The summed E-state index contributed by atoms with van der Waals surface area (Å²) >= 11 is 1.93. The summed E-state index contributed by atoms with van der Waals surface area (Å²) in [4.78, 5) is 4.14. The highest BCUT2D eigenvalue weighted by molar-refractivity contribution is 7.10. The molecule has 3 heteroatoms. The lowest BCUT2D eigenvalue weighted by atomic mass is 9.92. The van der Waals surface area contributed by atoms with Crippen molar-refractivity contribution in [2.24, 2.45) is 5.92 Å². The van der Waals surface area contributed by atoms with Crippen LogP contribution in [0.5, 0.6) is 0 Å². The van der Waals surface area contributed by atoms with Crippen LogP contribution in [-0.4, -0.2) is 32.1 Å². The summed E-state index contributed by atoms with van der Waals surface area (Å²) in [6.45, 7) is 4.62. The minimum absolute atomic E-state index is 0.616. The van der Waals surface area contributed by atoms with E-state index in [4.69, 9.17) is 0 Å². The van der Waals surface area contributed by atoms with E-state index in [1.54, 1.807) is 4.88 Å². The monoisotopic (exact) mass is 252 g/mol. The van der Waals surface area contributed by atoms with Crippen LogP contribution in [0.1, 0.15) is 35.7 Å². The van der Waals surface area contributed by atoms with E-state index in [9.17, 15) is 0 Å². The highest BCUT2D eigenvalue weighted by Gasteiger charge is 2.30. The number of nitrogens with zero attached hydrogens (tertiary/aromatic N) is 1. The lowest BCUT2D eigenvalue weighted by molar-refractivity contribution is 0.194. The molecule has 1 aliphatic rings. The Morgan fingerprint density at radius 1 is 1.47 bits per heavy atom. The first-order chi connectivity index (χ1) is 8.24. The molecule has 0 bridgehead atoms. The van der Waals surface area contributed by atoms with Crippen molar-refractivity contribution >= 4 is 11.3 Å². The fourth-order valence-electron chi connectivity index (χ4n) is 3.00. The Bertz CT molecular complexity index is 348. The molecule has 1 saturated heterocycles. The van der Waals surface area contributed by atoms with E-state index in [1.165, 1.54) is 31.4 Å². The summed E-state index contributed by atoms with van der Waals surface area (Å²) in [7, 11) is 4.36. The maximum Gasteiger partial charge on any atom is 0.0481 e. The molecule has 1 N–H and O–H groups in total. The highest BCUT2D eigenvalue weighted by atomic mass is 32.1. The van der Waals surface area contributed by atoms with Crippen molar-refractivity contribution in [2.45, 2.75) is 32.2 Å². The summed E-state index contributed by atoms with van der Waals surface area (Å²) in [5.74, 6) is 0.754. The first kappa shape index (κ1) is 13.1. The molecule has 17 heavy (non-hydrogen) atoms. The van der Waals surface area contributed by atoms with Crippen LogP contribution in [0.4, 0.5) is 0 Å². The van der Waals surface area contributed by atoms with Crippen molar-refractivity contribution in [3.8, 4) is 0 Å². The zero-order valence-corrected chi connectivity index (χ0v) is 12.0. The van der Waals surface area contributed by atoms with Crippen molar-refractivity contribution in [2.75, 3.05) is 27.2 Å². The molecule has 0 aliphatic carbocycles. The Hall–Kier alpha value is -0.380. The molecule has 1 aliphatic heterocycles. The second-order valence-electron chi connectivity index (χ2n) is 5.21. The normalized spacial score (nSPS) is 27.0. The molecule has 2 heterocycles. The average molecular weight is 252 g/mol. The van der Waals surface area contributed by atoms with Gasteiger partial charge in [-0.25, -0.2) is 0 Å². The molecule has 2 unspecified atom stereocenters. The van der Waals surface area contributed by atoms with Gasteiger partial charge in [-0.3, -0.25) is 4.90 Å². The van der Waals surface area contributed by atoms with E-state index in [2.05, 4.69) is 42.7 Å². The van der Waals surface area contributed by atoms with Gasteiger partial charge in [-0.05, 0) is 69.9 Å². The summed E-state index contributed by atoms with van der Waals surface area (Å²) in [5.41, 5.74) is 1.47. The number of aryl methyl sites for hydroxylation is 1. The topological polar surface area (TPSA) is 15.3 Å². The maximum atomic E-state index is 3.38. The van der Waals surface area contributed by atoms with Gasteiger partial charge >= 0.3 is 0 Å². The Balaban J connectivity index is 2.26. The minimum atomic E-state index is 0.616. The zero-order valence-electron chi connectivity index (χ0n) is 11.2. The Kier molecular flexibility index (Phi) is 4.60. The van der Waals surface area contributed by atoms with E-state index in [1.807, 2.05) is 11.3 Å². The quantitative estimate of drug-likeness (QED) is 0.889. The first-order valence-electron chi connectivity index (χ1n) is 6.63. The predicted molar refractivity (Wildman–Crippen MR) is 75.7 cm³/mol. The van der Waals surface area contributed by atoms with Crippen LogP contribution >= 0.6 is 11.3 Å². The van der Waals surface area contributed by atoms with Crippen LogP contribution in [0.2, 0.25) is 0 Å². The van der Waals surface area contributed by atoms with Crippen molar-refractivity contribution in [3.63, 3.8) is 0 Å². The lowest BCUT2D eigenvalue weighted by Gasteiger charge is -2.32. The summed E-state index contributed by atoms with van der Waals surface area (Å²) < 4.78 is 0. The molecular weight excluding hydrogens is 228 g/mol. The zero-order chi connectivity index (χ0) is 12.3. The van der Waals surface area contributed by atoms with Gasteiger partial charge in [0.15, 0.2) is 0 Å². The van der Waals surface area contributed by atoms with Gasteiger partial charge in [0, 0.05) is 10.9 Å². The van der Waals surface area contributed by atoms with E-state index >= 15 is 0 Å². The fraction of sp³-hybridized carbons (Fsp3) is 0.714. The third-order valence-electron chi connectivity index (χ3n) is 3.89. The molecular formula is C14H24N2S. The number of rotatable bonds is 3. The third kappa shape index (κ3) is 2.90. The van der Waals surface area contributed by atoms with Crippen molar-refractivity contribution in [1.82, 2.24) is 10.2 Å². The van der Waals surface area contributed by atoms with Gasteiger partial charge in [-0.1, -0.05) is 6.42 Å². The van der Waals surface area contributed by atoms with Gasteiger partial charge in [-0.2, -0.15) is 0 Å². The SMILES string of the molecule is CNCC1CCCCN(C)C1c1sccc1C. The maximum absolute atomic E-state index is 3.38. The molecule has 1 aromatic heterocycles. The molecule has 0 aromatic carbocycles. The van der Waals surface area contributed by atoms with Gasteiger partial charge < -0.3 is 5.32 Å². The largest absolute Gasteiger partial charge is 0.319 e. The second kappa shape index (κ2) is 5.98. The lowest BCUT2D eigenvalue weighted by Crippen LogP contribution is -2.33. The number of hydrogen-bond acceptors (Lipinski definition) is 3. The summed E-state index contributed by atoms with van der Waals surface area (Å²) in [6.07, 6.45) is 4.07. The molecule has 1 aromatic rings. The van der Waals surface area contributed by atoms with Crippen LogP contribution in [-0.2, 0) is 0 Å². The Morgan fingerprint density at radius 2 is 2.29 bits per heavy atom. The summed E-state index contributed by atoms with van der Waals surface area (Å²) in [6, 6.07) is 2.87. The van der Waals surface area contributed by atoms with Crippen molar-refractivity contribution in [3.05, 3.63) is 21.9 Å². The Labute approximate surface area is 109 Å². The number of thiophene rings is 1. The van der Waals surface area contributed by atoms with Gasteiger partial charge in [-0.15, -0.1) is 11.3 Å². The van der Waals surface area contributed by atoms with Crippen LogP contribution in [0, 0.1) is 12.8 Å². The second-order valence-corrected chi connectivity index (χ2v) is 6.15. The minimum Gasteiger partial charge on any atom is -0.319 e. The standard InChI is InChI=1S/C14H24N2S/c1-11-7-9-17-14(11)13-12(10-15-2)6-4-5-8-16(13)3/h7,9,12-13,15H,4-6,8,10H2,1-3H3. The van der Waals surface area contributed by atoms with Crippen molar-refractivity contribution < 1.29 is 0 Å². The molecule has 2 nitrogen and oxygen atoms in total. The predicted octanol–water partition coefficient (Wildman–Crippen LogP) is 3.05. The van der Waals surface area contributed by atoms with Gasteiger partial charge in [0.05, 0.1) is 0 Å². The first-order valence-corrected chi connectivity index (χ1v) is 7.51. The molecule has 0 saturated carbocycles. The van der Waals surface area contributed by atoms with Crippen LogP contribution in [0.25, 0.3) is 0 Å². The molecule has 0 amide bonds. The van der Waals surface area contributed by atoms with E-state index in [-0.39, 0.29) is 0 Å². The van der Waals surface area contributed by atoms with Gasteiger partial charge in [0.25, 0.3) is 0 Å². The number of hydrogen-bond donors (Lipinski definition) is 1. The smallest absolute Gasteiger partial charge is 0.0481 e. The van der Waals surface area contributed by atoms with Crippen molar-refractivity contribution in [1.29, 1.82) is 0 Å². The average Bonchev–Trinajstić information content (AvgIpc) is 2.63. The molecule has 1 fully saturated rings. The fourth-order valence-corrected chi connectivity index (χ4v) is 4.19. The van der Waals surface area contributed by atoms with E-state index in [0.29, 0.717) is 6.04 Å². The van der Waals surface area contributed by atoms with E-state index in [0.717, 1.165) is 12.5 Å². The molecule has 2 rings (SSSR count). The molecule has 0 spiro atoms. The summed E-state index contributed by atoms with van der Waals surface area (Å²) in [5, 5.41) is 5.61. The van der Waals surface area contributed by atoms with Crippen LogP contribution in [0.3, 0.4) is 0 Å². The molecule has 2 atom stereocenters. The van der Waals surface area contributed by atoms with Gasteiger partial charge in [0.2, 0.25) is 0 Å². The Morgan fingerprint density at radius 3 is 2.94 bits per heavy atom. The van der Waals surface area contributed by atoms with Crippen LogP contribution < -0.4 is 5.32 Å². The highest BCUT2D eigenvalue weighted by Crippen LogP contribution is 2.37. The third-order valence-corrected chi connectivity index (χ3v) is 4.98. The molecule has 0 radical (unpaired) electrons. The van der Waals surface area contributed by atoms with E-state index < -0.39 is 0 Å². The van der Waals surface area contributed by atoms with Gasteiger partial charge in [0.1, 0.15) is 0 Å². The number of likely N-dealkylation sites (tertiary alicyclic amines) is 1. The van der Waals surface area contributed by atoms with Crippen LogP contribution in [0.15, 0.2) is 11.4 Å².